The number of primary amides is 1. The minimum atomic E-state index is -1.18. The Morgan fingerprint density at radius 2 is 1.56 bits per heavy atom. The van der Waals surface area contributed by atoms with Crippen molar-refractivity contribution in [2.75, 3.05) is 13.1 Å². The van der Waals surface area contributed by atoms with Gasteiger partial charge in [-0.3, -0.25) is 19.2 Å². The van der Waals surface area contributed by atoms with E-state index in [4.69, 9.17) is 21.7 Å². The van der Waals surface area contributed by atoms with Gasteiger partial charge < -0.3 is 32.7 Å². The highest BCUT2D eigenvalue weighted by atomic mass is 16.4. The molecule has 0 bridgehead atoms. The van der Waals surface area contributed by atoms with Crippen LogP contribution in [0.2, 0.25) is 0 Å². The van der Waals surface area contributed by atoms with Crippen molar-refractivity contribution >= 4 is 23.8 Å². The van der Waals surface area contributed by atoms with E-state index in [9.17, 15) is 19.2 Å². The third-order valence-electron chi connectivity index (χ3n) is 1.35. The largest absolute Gasteiger partial charge is 0.480 e. The number of amides is 2. The fourth-order valence-electron chi connectivity index (χ4n) is 0.603. The fraction of sp³-hybridized carbons (Fsp3) is 0.500. The molecule has 0 saturated heterocycles. The third-order valence-corrected chi connectivity index (χ3v) is 1.35. The van der Waals surface area contributed by atoms with Crippen molar-refractivity contribution in [1.82, 2.24) is 5.32 Å². The molecule has 9 N–H and O–H groups in total. The Balaban J connectivity index is 0. The topological polar surface area (TPSA) is 199 Å². The summed E-state index contributed by atoms with van der Waals surface area (Å²) < 4.78 is 0. The number of rotatable bonds is 6. The first kappa shape index (κ1) is 18.2. The predicted octanol–water partition coefficient (Wildman–Crippen LogP) is -3.58. The van der Waals surface area contributed by atoms with Crippen LogP contribution in [0.25, 0.3) is 0 Å². The maximum atomic E-state index is 10.9. The van der Waals surface area contributed by atoms with Crippen LogP contribution in [0, 0.1) is 0 Å². The van der Waals surface area contributed by atoms with Crippen LogP contribution in [0.5, 0.6) is 0 Å². The molecule has 2 amide bonds. The monoisotopic (exact) mass is 264 g/mol. The Bertz CT molecular complexity index is 319. The van der Waals surface area contributed by atoms with E-state index in [1.165, 1.54) is 0 Å². The number of carbonyl (C=O) groups excluding carboxylic acids is 2. The van der Waals surface area contributed by atoms with Gasteiger partial charge in [0.05, 0.1) is 19.0 Å². The van der Waals surface area contributed by atoms with Gasteiger partial charge in [-0.2, -0.15) is 0 Å². The Hall–Kier alpha value is -2.20. The molecule has 0 aliphatic rings. The van der Waals surface area contributed by atoms with Gasteiger partial charge in [0.25, 0.3) is 0 Å². The van der Waals surface area contributed by atoms with Crippen LogP contribution in [0.1, 0.15) is 6.42 Å². The van der Waals surface area contributed by atoms with Crippen molar-refractivity contribution < 1.29 is 29.4 Å². The lowest BCUT2D eigenvalue weighted by Crippen LogP contribution is -2.44. The Labute approximate surface area is 102 Å². The van der Waals surface area contributed by atoms with E-state index >= 15 is 0 Å². The second-order valence-electron chi connectivity index (χ2n) is 2.99. The van der Waals surface area contributed by atoms with Crippen LogP contribution in [-0.4, -0.2) is 53.1 Å². The lowest BCUT2D eigenvalue weighted by atomic mass is 10.2. The summed E-state index contributed by atoms with van der Waals surface area (Å²) in [5.41, 5.74) is 14.5. The van der Waals surface area contributed by atoms with Crippen LogP contribution < -0.4 is 22.5 Å². The van der Waals surface area contributed by atoms with Crippen LogP contribution >= 0.6 is 0 Å². The van der Waals surface area contributed by atoms with Gasteiger partial charge in [0.1, 0.15) is 6.54 Å². The number of hydrogen-bond donors (Lipinski definition) is 6. The molecule has 1 atom stereocenters. The summed E-state index contributed by atoms with van der Waals surface area (Å²) in [6.07, 6.45) is -0.300. The minimum Gasteiger partial charge on any atom is -0.480 e. The average molecular weight is 264 g/mol. The van der Waals surface area contributed by atoms with Gasteiger partial charge in [0.15, 0.2) is 0 Å². The molecule has 104 valence electrons. The maximum Gasteiger partial charge on any atom is 0.322 e. The zero-order valence-corrected chi connectivity index (χ0v) is 9.46. The molecule has 0 rings (SSSR count). The summed E-state index contributed by atoms with van der Waals surface area (Å²) in [4.78, 5) is 40.4. The molecule has 0 aliphatic heterocycles. The lowest BCUT2D eigenvalue weighted by Gasteiger charge is -2.08. The number of hydrogen-bond acceptors (Lipinski definition) is 6. The van der Waals surface area contributed by atoms with Gasteiger partial charge in [-0.1, -0.05) is 0 Å². The summed E-state index contributed by atoms with van der Waals surface area (Å²) >= 11 is 0. The smallest absolute Gasteiger partial charge is 0.322 e. The summed E-state index contributed by atoms with van der Waals surface area (Å²) in [5.74, 6) is -3.57. The highest BCUT2D eigenvalue weighted by Gasteiger charge is 2.15. The quantitative estimate of drug-likeness (QED) is 0.282. The van der Waals surface area contributed by atoms with Crippen molar-refractivity contribution in [3.05, 3.63) is 0 Å². The van der Waals surface area contributed by atoms with E-state index in [0.717, 1.165) is 0 Å². The van der Waals surface area contributed by atoms with E-state index < -0.39 is 36.3 Å². The van der Waals surface area contributed by atoms with Crippen LogP contribution in [0.4, 0.5) is 0 Å². The van der Waals surface area contributed by atoms with Crippen LogP contribution in [0.3, 0.4) is 0 Å². The molecule has 0 fully saturated rings. The average Bonchev–Trinajstić information content (AvgIpc) is 2.25. The van der Waals surface area contributed by atoms with Crippen LogP contribution in [0.15, 0.2) is 0 Å². The maximum absolute atomic E-state index is 10.9. The normalized spacial score (nSPS) is 10.6. The first-order valence-corrected chi connectivity index (χ1v) is 4.66. The van der Waals surface area contributed by atoms with E-state index in [0.29, 0.717) is 0 Å². The second-order valence-corrected chi connectivity index (χ2v) is 2.99. The van der Waals surface area contributed by atoms with E-state index in [2.05, 4.69) is 5.73 Å². The Kier molecular flexibility index (Phi) is 10.1. The lowest BCUT2D eigenvalue weighted by molar-refractivity contribution is -0.138. The molecule has 1 unspecified atom stereocenters. The number of aliphatic carboxylic acids is 2. The van der Waals surface area contributed by atoms with E-state index in [1.807, 2.05) is 5.32 Å². The summed E-state index contributed by atoms with van der Waals surface area (Å²) in [7, 11) is 0. The second kappa shape index (κ2) is 9.99. The molecular formula is C8H16N4O6. The Morgan fingerprint density at radius 1 is 1.11 bits per heavy atom. The van der Waals surface area contributed by atoms with Crippen molar-refractivity contribution in [1.29, 1.82) is 0 Å². The highest BCUT2D eigenvalue weighted by Crippen LogP contribution is 1.85. The van der Waals surface area contributed by atoms with Gasteiger partial charge >= 0.3 is 11.9 Å². The predicted molar refractivity (Wildman–Crippen MR) is 59.1 cm³/mol. The van der Waals surface area contributed by atoms with Crippen molar-refractivity contribution in [2.24, 2.45) is 17.2 Å². The zero-order chi connectivity index (χ0) is 14.7. The molecule has 0 radical (unpaired) electrons. The number of carbonyl (C=O) groups is 4. The molecule has 10 heteroatoms. The van der Waals surface area contributed by atoms with Crippen molar-refractivity contribution in [3.63, 3.8) is 0 Å². The SMILES string of the molecule is NC(=O)CC(N)C(=O)NCC(=O)O.NCC(=O)O. The standard InChI is InChI=1S/C6H11N3O4.C2H5NO2/c7-3(1-4(8)10)6(13)9-2-5(11)12;3-1-2(4)5/h3H,1-2,7H2,(H2,8,10)(H,9,13)(H,11,12);1,3H2,(H,4,5). The number of carboxylic acids is 2. The molecule has 0 aliphatic carbocycles. The van der Waals surface area contributed by atoms with Crippen LogP contribution in [-0.2, 0) is 19.2 Å². The number of nitrogens with two attached hydrogens (primary N) is 3. The molecule has 0 aromatic heterocycles. The minimum absolute atomic E-state index is 0.278. The molecule has 0 saturated carbocycles. The third kappa shape index (κ3) is 13.8. The van der Waals surface area contributed by atoms with Crippen molar-refractivity contribution in [3.8, 4) is 0 Å². The molecule has 0 heterocycles. The van der Waals surface area contributed by atoms with Crippen molar-refractivity contribution in [2.45, 2.75) is 12.5 Å². The van der Waals surface area contributed by atoms with Gasteiger partial charge in [-0.15, -0.1) is 0 Å². The summed E-state index contributed by atoms with van der Waals surface area (Å²) in [5, 5.41) is 17.8. The van der Waals surface area contributed by atoms with E-state index in [-0.39, 0.29) is 13.0 Å². The zero-order valence-electron chi connectivity index (χ0n) is 9.46. The van der Waals surface area contributed by atoms with Gasteiger partial charge in [0.2, 0.25) is 11.8 Å². The van der Waals surface area contributed by atoms with Gasteiger partial charge in [-0.25, -0.2) is 0 Å². The highest BCUT2D eigenvalue weighted by molar-refractivity contribution is 5.89. The number of carboxylic acid groups (broad SMARTS) is 2. The summed E-state index contributed by atoms with van der Waals surface area (Å²) in [6.45, 7) is -0.800. The van der Waals surface area contributed by atoms with E-state index in [1.54, 1.807) is 0 Å². The molecule has 0 aromatic carbocycles. The Morgan fingerprint density at radius 3 is 1.83 bits per heavy atom. The first-order valence-electron chi connectivity index (χ1n) is 4.66. The summed E-state index contributed by atoms with van der Waals surface area (Å²) in [6, 6.07) is -1.09. The number of nitrogens with one attached hydrogen (secondary N) is 1. The molecule has 0 spiro atoms. The first-order chi connectivity index (χ1) is 8.20. The van der Waals surface area contributed by atoms with Gasteiger partial charge in [0, 0.05) is 0 Å². The molecule has 18 heavy (non-hydrogen) atoms. The molecule has 10 nitrogen and oxygen atoms in total. The van der Waals surface area contributed by atoms with Gasteiger partial charge in [-0.05, 0) is 0 Å². The molecule has 0 aromatic rings. The molecular weight excluding hydrogens is 248 g/mol. The fourth-order valence-corrected chi connectivity index (χ4v) is 0.603.